The first-order chi connectivity index (χ1) is 17.1. The number of unbranched alkanes of at least 4 members (excludes halogenated alkanes) is 9. The maximum atomic E-state index is 11.9. The summed E-state index contributed by atoms with van der Waals surface area (Å²) in [7, 11) is 0. The minimum Gasteiger partial charge on any atom is -0.456 e. The van der Waals surface area contributed by atoms with Crippen LogP contribution in [0.2, 0.25) is 0 Å². The minimum absolute atomic E-state index is 0.278. The molecule has 0 aliphatic rings. The molecular formula is C30H34O5. The Morgan fingerprint density at radius 1 is 0.714 bits per heavy atom. The highest BCUT2D eigenvalue weighted by atomic mass is 16.6. The van der Waals surface area contributed by atoms with Gasteiger partial charge in [-0.2, -0.15) is 0 Å². The molecule has 0 aliphatic heterocycles. The van der Waals surface area contributed by atoms with Crippen LogP contribution in [-0.2, 0) is 19.1 Å². The van der Waals surface area contributed by atoms with Gasteiger partial charge in [0.1, 0.15) is 6.61 Å². The van der Waals surface area contributed by atoms with Gasteiger partial charge in [0, 0.05) is 12.3 Å². The molecule has 0 aromatic rings. The molecule has 0 aliphatic carbocycles. The number of aliphatic hydroxyl groups is 1. The van der Waals surface area contributed by atoms with E-state index in [1.165, 1.54) is 44.9 Å². The predicted octanol–water partition coefficient (Wildman–Crippen LogP) is 3.79. The molecule has 1 atom stereocenters. The van der Waals surface area contributed by atoms with Gasteiger partial charge in [-0.1, -0.05) is 70.6 Å². The maximum Gasteiger partial charge on any atom is 0.385 e. The van der Waals surface area contributed by atoms with E-state index >= 15 is 0 Å². The van der Waals surface area contributed by atoms with Crippen molar-refractivity contribution in [3.05, 3.63) is 0 Å². The van der Waals surface area contributed by atoms with Crippen molar-refractivity contribution < 1.29 is 24.2 Å². The van der Waals surface area contributed by atoms with E-state index in [-0.39, 0.29) is 13.0 Å². The fourth-order valence-electron chi connectivity index (χ4n) is 2.73. The van der Waals surface area contributed by atoms with Crippen molar-refractivity contribution in [3.63, 3.8) is 0 Å². The summed E-state index contributed by atoms with van der Waals surface area (Å²) in [6.07, 6.45) is 11.1. The van der Waals surface area contributed by atoms with E-state index in [9.17, 15) is 14.7 Å². The molecule has 0 rings (SSSR count). The number of hydrogen-bond acceptors (Lipinski definition) is 5. The summed E-state index contributed by atoms with van der Waals surface area (Å²) >= 11 is 0. The largest absolute Gasteiger partial charge is 0.456 e. The average Bonchev–Trinajstić information content (AvgIpc) is 2.86. The number of carbonyl (C=O) groups is 2. The van der Waals surface area contributed by atoms with Gasteiger partial charge in [-0.15, -0.1) is 0 Å². The number of aliphatic hydroxyl groups excluding tert-OH is 1. The van der Waals surface area contributed by atoms with Crippen LogP contribution in [0.1, 0.15) is 84.5 Å². The van der Waals surface area contributed by atoms with Gasteiger partial charge in [0.05, 0.1) is 6.61 Å². The second kappa shape index (κ2) is 24.9. The molecule has 1 N–H and O–H groups in total. The van der Waals surface area contributed by atoms with Crippen molar-refractivity contribution in [2.24, 2.45) is 0 Å². The Morgan fingerprint density at radius 2 is 1.20 bits per heavy atom. The van der Waals surface area contributed by atoms with Crippen molar-refractivity contribution in [1.29, 1.82) is 0 Å². The Balaban J connectivity index is 4.05. The fourth-order valence-corrected chi connectivity index (χ4v) is 2.73. The summed E-state index contributed by atoms with van der Waals surface area (Å²) in [5.41, 5.74) is 0. The molecule has 0 aromatic carbocycles. The first-order valence-corrected chi connectivity index (χ1v) is 12.0. The van der Waals surface area contributed by atoms with Gasteiger partial charge in [0.15, 0.2) is 6.10 Å². The highest BCUT2D eigenvalue weighted by Crippen LogP contribution is 2.11. The van der Waals surface area contributed by atoms with Crippen LogP contribution in [0, 0.1) is 71.0 Å². The van der Waals surface area contributed by atoms with Gasteiger partial charge in [-0.05, 0) is 72.5 Å². The molecule has 0 spiro atoms. The molecule has 0 saturated carbocycles. The number of carbonyl (C=O) groups excluding carboxylic acids is 2. The van der Waals surface area contributed by atoms with Gasteiger partial charge in [-0.3, -0.25) is 4.79 Å². The SMILES string of the molecule is CC#CC#CC#CC#CC#CC#CC(=O)OC[C@H](CO)OC(=O)CCCCCCCCCCCC. The lowest BCUT2D eigenvalue weighted by molar-refractivity contribution is -0.159. The Morgan fingerprint density at radius 3 is 1.71 bits per heavy atom. The van der Waals surface area contributed by atoms with Crippen LogP contribution in [0.25, 0.3) is 0 Å². The molecule has 0 amide bonds. The maximum absolute atomic E-state index is 11.9. The second-order valence-electron chi connectivity index (χ2n) is 7.45. The zero-order valence-corrected chi connectivity index (χ0v) is 20.8. The van der Waals surface area contributed by atoms with E-state index in [0.717, 1.165) is 19.3 Å². The molecule has 0 heterocycles. The van der Waals surface area contributed by atoms with E-state index in [1.807, 2.05) is 0 Å². The van der Waals surface area contributed by atoms with Crippen molar-refractivity contribution in [2.75, 3.05) is 13.2 Å². The summed E-state index contributed by atoms with van der Waals surface area (Å²) in [5, 5.41) is 9.34. The van der Waals surface area contributed by atoms with Crippen molar-refractivity contribution in [1.82, 2.24) is 0 Å². The van der Waals surface area contributed by atoms with Gasteiger partial charge in [0.25, 0.3) is 0 Å². The first-order valence-electron chi connectivity index (χ1n) is 12.0. The third-order valence-corrected chi connectivity index (χ3v) is 4.49. The molecule has 0 fully saturated rings. The molecule has 5 nitrogen and oxygen atoms in total. The van der Waals surface area contributed by atoms with E-state index in [1.54, 1.807) is 6.92 Å². The quantitative estimate of drug-likeness (QED) is 0.169. The first kappa shape index (κ1) is 31.3. The molecule has 0 bridgehead atoms. The highest BCUT2D eigenvalue weighted by molar-refractivity contribution is 5.89. The lowest BCUT2D eigenvalue weighted by atomic mass is 10.1. The summed E-state index contributed by atoms with van der Waals surface area (Å²) < 4.78 is 10.0. The van der Waals surface area contributed by atoms with Crippen LogP contribution < -0.4 is 0 Å². The van der Waals surface area contributed by atoms with Crippen LogP contribution >= 0.6 is 0 Å². The van der Waals surface area contributed by atoms with Crippen LogP contribution in [-0.4, -0.2) is 36.4 Å². The zero-order chi connectivity index (χ0) is 25.8. The number of esters is 2. The van der Waals surface area contributed by atoms with Gasteiger partial charge >= 0.3 is 11.9 Å². The van der Waals surface area contributed by atoms with E-state index in [4.69, 9.17) is 9.47 Å². The Bertz CT molecular complexity index is 1000. The number of rotatable bonds is 15. The third kappa shape index (κ3) is 23.2. The van der Waals surface area contributed by atoms with Crippen molar-refractivity contribution >= 4 is 11.9 Å². The van der Waals surface area contributed by atoms with Gasteiger partial charge < -0.3 is 14.6 Å². The number of ether oxygens (including phenoxy) is 2. The Hall–Kier alpha value is -3.74. The van der Waals surface area contributed by atoms with Crippen molar-refractivity contribution in [2.45, 2.75) is 90.6 Å². The summed E-state index contributed by atoms with van der Waals surface area (Å²) in [4.78, 5) is 23.5. The Labute approximate surface area is 211 Å². The standard InChI is InChI=1S/C30H34O5/c1-3-5-7-9-11-13-15-17-18-20-22-24-29(32)34-27-28(26-31)35-30(33)25-23-21-19-16-14-12-10-8-6-4-2/h28,31H,4,6,8,10,12,14,16,19,21,23,25-27H2,1-2H3/t28-/m0/s1. The molecule has 5 heteroatoms. The fraction of sp³-hybridized carbons (Fsp3) is 0.533. The van der Waals surface area contributed by atoms with E-state index < -0.39 is 24.6 Å². The lowest BCUT2D eigenvalue weighted by Gasteiger charge is -2.14. The normalized spacial score (nSPS) is 9.23. The third-order valence-electron chi connectivity index (χ3n) is 4.49. The van der Waals surface area contributed by atoms with E-state index in [0.29, 0.717) is 0 Å². The second-order valence-corrected chi connectivity index (χ2v) is 7.45. The molecule has 35 heavy (non-hydrogen) atoms. The van der Waals surface area contributed by atoms with Crippen LogP contribution in [0.3, 0.4) is 0 Å². The minimum atomic E-state index is -0.918. The highest BCUT2D eigenvalue weighted by Gasteiger charge is 2.15. The number of hydrogen-bond donors (Lipinski definition) is 1. The van der Waals surface area contributed by atoms with Gasteiger partial charge in [0.2, 0.25) is 0 Å². The summed E-state index contributed by atoms with van der Waals surface area (Å²) in [6.45, 7) is 3.16. The molecule has 0 radical (unpaired) electrons. The monoisotopic (exact) mass is 474 g/mol. The Kier molecular flexibility index (Phi) is 22.2. The van der Waals surface area contributed by atoms with E-state index in [2.05, 4.69) is 78.0 Å². The smallest absolute Gasteiger partial charge is 0.385 e. The average molecular weight is 475 g/mol. The molecular weight excluding hydrogens is 440 g/mol. The van der Waals surface area contributed by atoms with Crippen LogP contribution in [0.5, 0.6) is 0 Å². The lowest BCUT2D eigenvalue weighted by Crippen LogP contribution is -2.28. The molecule has 184 valence electrons. The van der Waals surface area contributed by atoms with Crippen LogP contribution in [0.15, 0.2) is 0 Å². The van der Waals surface area contributed by atoms with Crippen molar-refractivity contribution in [3.8, 4) is 71.0 Å². The summed E-state index contributed by atoms with van der Waals surface area (Å²) in [6, 6.07) is 0. The van der Waals surface area contributed by atoms with Crippen LogP contribution in [0.4, 0.5) is 0 Å². The molecule has 0 saturated heterocycles. The van der Waals surface area contributed by atoms with Gasteiger partial charge in [-0.25, -0.2) is 4.79 Å². The summed E-state index contributed by atoms with van der Waals surface area (Å²) in [5.74, 6) is 28.0. The zero-order valence-electron chi connectivity index (χ0n) is 20.8. The topological polar surface area (TPSA) is 72.8 Å². The molecule has 0 unspecified atom stereocenters. The molecule has 0 aromatic heterocycles. The predicted molar refractivity (Wildman–Crippen MR) is 137 cm³/mol.